The lowest BCUT2D eigenvalue weighted by molar-refractivity contribution is -0.143. The zero-order valence-corrected chi connectivity index (χ0v) is 9.19. The van der Waals surface area contributed by atoms with Crippen LogP contribution in [0.5, 0.6) is 0 Å². The second-order valence-electron chi connectivity index (χ2n) is 3.90. The predicted octanol–water partition coefficient (Wildman–Crippen LogP) is 0.0870. The average molecular weight is 212 g/mol. The van der Waals surface area contributed by atoms with Crippen molar-refractivity contribution in [2.24, 2.45) is 5.73 Å². The number of hydrogen-bond acceptors (Lipinski definition) is 4. The van der Waals surface area contributed by atoms with Gasteiger partial charge in [0.25, 0.3) is 0 Å². The summed E-state index contributed by atoms with van der Waals surface area (Å²) in [6.45, 7) is 5.58. The van der Waals surface area contributed by atoms with E-state index in [9.17, 15) is 4.79 Å². The quantitative estimate of drug-likeness (QED) is 0.737. The number of carboxylic acid groups (broad SMARTS) is 1. The lowest BCUT2D eigenvalue weighted by Gasteiger charge is -2.18. The summed E-state index contributed by atoms with van der Waals surface area (Å²) >= 11 is 0. The third-order valence-corrected chi connectivity index (χ3v) is 2.29. The number of aryl methyl sites for hydroxylation is 3. The van der Waals surface area contributed by atoms with Crippen LogP contribution in [0.2, 0.25) is 0 Å². The summed E-state index contributed by atoms with van der Waals surface area (Å²) in [5, 5.41) is 13.0. The highest BCUT2D eigenvalue weighted by Gasteiger charge is 2.27. The Hall–Kier alpha value is -1.43. The fourth-order valence-electron chi connectivity index (χ4n) is 1.22. The SMILES string of the molecule is Cc1nc(C)n(CCC(C)(N)C(=O)O)n1. The van der Waals surface area contributed by atoms with Crippen molar-refractivity contribution in [3.63, 3.8) is 0 Å². The van der Waals surface area contributed by atoms with Crippen LogP contribution in [0.25, 0.3) is 0 Å². The topological polar surface area (TPSA) is 94.0 Å². The van der Waals surface area contributed by atoms with Crippen LogP contribution in [0.15, 0.2) is 0 Å². The number of aliphatic carboxylic acids is 1. The molecule has 15 heavy (non-hydrogen) atoms. The summed E-state index contributed by atoms with van der Waals surface area (Å²) in [7, 11) is 0. The molecule has 0 saturated carbocycles. The van der Waals surface area contributed by atoms with Gasteiger partial charge in [-0.15, -0.1) is 0 Å². The van der Waals surface area contributed by atoms with E-state index < -0.39 is 11.5 Å². The smallest absolute Gasteiger partial charge is 0.323 e. The Morgan fingerprint density at radius 3 is 2.60 bits per heavy atom. The highest BCUT2D eigenvalue weighted by Crippen LogP contribution is 2.08. The lowest BCUT2D eigenvalue weighted by Crippen LogP contribution is -2.45. The van der Waals surface area contributed by atoms with Crippen LogP contribution in [-0.4, -0.2) is 31.4 Å². The number of carboxylic acids is 1. The van der Waals surface area contributed by atoms with Gasteiger partial charge in [-0.25, -0.2) is 4.98 Å². The van der Waals surface area contributed by atoms with Crippen molar-refractivity contribution in [3.05, 3.63) is 11.6 Å². The maximum absolute atomic E-state index is 10.8. The first-order chi connectivity index (χ1) is 6.83. The molecule has 1 unspecified atom stereocenters. The van der Waals surface area contributed by atoms with Gasteiger partial charge in [-0.1, -0.05) is 0 Å². The van der Waals surface area contributed by atoms with E-state index in [1.165, 1.54) is 6.92 Å². The van der Waals surface area contributed by atoms with E-state index in [4.69, 9.17) is 10.8 Å². The van der Waals surface area contributed by atoms with Gasteiger partial charge in [-0.05, 0) is 27.2 Å². The first kappa shape index (κ1) is 11.6. The summed E-state index contributed by atoms with van der Waals surface area (Å²) in [6, 6.07) is 0. The molecule has 0 aliphatic rings. The minimum atomic E-state index is -1.22. The van der Waals surface area contributed by atoms with Gasteiger partial charge in [0.15, 0.2) is 0 Å². The van der Waals surface area contributed by atoms with E-state index >= 15 is 0 Å². The van der Waals surface area contributed by atoms with E-state index in [0.29, 0.717) is 18.8 Å². The van der Waals surface area contributed by atoms with Gasteiger partial charge in [0.05, 0.1) is 0 Å². The van der Waals surface area contributed by atoms with Gasteiger partial charge in [0.2, 0.25) is 0 Å². The van der Waals surface area contributed by atoms with E-state index in [2.05, 4.69) is 10.1 Å². The van der Waals surface area contributed by atoms with Crippen molar-refractivity contribution in [2.45, 2.75) is 39.3 Å². The van der Waals surface area contributed by atoms with Crippen LogP contribution < -0.4 is 5.73 Å². The molecule has 0 aromatic carbocycles. The molecule has 0 radical (unpaired) electrons. The molecule has 0 bridgehead atoms. The minimum absolute atomic E-state index is 0.325. The molecule has 6 nitrogen and oxygen atoms in total. The molecule has 0 amide bonds. The van der Waals surface area contributed by atoms with E-state index in [0.717, 1.165) is 5.82 Å². The number of carbonyl (C=O) groups is 1. The summed E-state index contributed by atoms with van der Waals surface area (Å²) in [6.07, 6.45) is 0.325. The lowest BCUT2D eigenvalue weighted by atomic mass is 10.00. The zero-order valence-electron chi connectivity index (χ0n) is 9.19. The molecular weight excluding hydrogens is 196 g/mol. The van der Waals surface area contributed by atoms with E-state index in [1.807, 2.05) is 6.92 Å². The molecule has 0 aliphatic heterocycles. The van der Waals surface area contributed by atoms with Crippen molar-refractivity contribution in [1.82, 2.24) is 14.8 Å². The predicted molar refractivity (Wildman–Crippen MR) is 54.3 cm³/mol. The largest absolute Gasteiger partial charge is 0.480 e. The number of aromatic nitrogens is 3. The Kier molecular flexibility index (Phi) is 3.09. The maximum Gasteiger partial charge on any atom is 0.323 e. The van der Waals surface area contributed by atoms with Crippen molar-refractivity contribution in [3.8, 4) is 0 Å². The highest BCUT2D eigenvalue weighted by atomic mass is 16.4. The summed E-state index contributed by atoms with van der Waals surface area (Å²) in [4.78, 5) is 14.9. The average Bonchev–Trinajstić information content (AvgIpc) is 2.41. The zero-order chi connectivity index (χ0) is 11.6. The number of hydrogen-bond donors (Lipinski definition) is 2. The molecule has 0 saturated heterocycles. The minimum Gasteiger partial charge on any atom is -0.480 e. The molecule has 3 N–H and O–H groups in total. The fraction of sp³-hybridized carbons (Fsp3) is 0.667. The van der Waals surface area contributed by atoms with Gasteiger partial charge in [0, 0.05) is 6.54 Å². The van der Waals surface area contributed by atoms with Crippen molar-refractivity contribution in [2.75, 3.05) is 0 Å². The second kappa shape index (κ2) is 3.98. The third-order valence-electron chi connectivity index (χ3n) is 2.29. The summed E-state index contributed by atoms with van der Waals surface area (Å²) in [5.41, 5.74) is 4.39. The molecule has 0 fully saturated rings. The summed E-state index contributed by atoms with van der Waals surface area (Å²) < 4.78 is 1.67. The van der Waals surface area contributed by atoms with Gasteiger partial charge in [-0.2, -0.15) is 5.10 Å². The number of nitrogens with zero attached hydrogens (tertiary/aromatic N) is 3. The van der Waals surface area contributed by atoms with Gasteiger partial charge in [-0.3, -0.25) is 9.48 Å². The van der Waals surface area contributed by atoms with Crippen LogP contribution in [0.1, 0.15) is 25.0 Å². The molecule has 1 atom stereocenters. The van der Waals surface area contributed by atoms with Crippen LogP contribution in [0, 0.1) is 13.8 Å². The monoisotopic (exact) mass is 212 g/mol. The Labute approximate surface area is 88.1 Å². The fourth-order valence-corrected chi connectivity index (χ4v) is 1.22. The molecule has 0 aliphatic carbocycles. The normalized spacial score (nSPS) is 14.9. The molecule has 1 aromatic rings. The van der Waals surface area contributed by atoms with E-state index in [-0.39, 0.29) is 0 Å². The second-order valence-corrected chi connectivity index (χ2v) is 3.90. The standard InChI is InChI=1S/C9H16N4O2/c1-6-11-7(2)13(12-6)5-4-9(3,10)8(14)15/h4-5,10H2,1-3H3,(H,14,15). The van der Waals surface area contributed by atoms with Crippen molar-refractivity contribution in [1.29, 1.82) is 0 Å². The van der Waals surface area contributed by atoms with Crippen molar-refractivity contribution >= 4 is 5.97 Å². The Balaban J connectivity index is 2.65. The van der Waals surface area contributed by atoms with Crippen LogP contribution in [0.3, 0.4) is 0 Å². The first-order valence-corrected chi connectivity index (χ1v) is 4.73. The van der Waals surface area contributed by atoms with Crippen LogP contribution in [0.4, 0.5) is 0 Å². The highest BCUT2D eigenvalue weighted by molar-refractivity contribution is 5.77. The van der Waals surface area contributed by atoms with Gasteiger partial charge < -0.3 is 10.8 Å². The molecule has 1 heterocycles. The molecule has 6 heteroatoms. The Bertz CT molecular complexity index is 370. The first-order valence-electron chi connectivity index (χ1n) is 4.73. The summed E-state index contributed by atoms with van der Waals surface area (Å²) in [5.74, 6) is 0.451. The molecule has 84 valence electrons. The molecule has 1 rings (SSSR count). The van der Waals surface area contributed by atoms with Gasteiger partial charge >= 0.3 is 5.97 Å². The number of rotatable bonds is 4. The van der Waals surface area contributed by atoms with Gasteiger partial charge in [0.1, 0.15) is 17.2 Å². The Morgan fingerprint density at radius 2 is 2.20 bits per heavy atom. The Morgan fingerprint density at radius 1 is 1.60 bits per heavy atom. The van der Waals surface area contributed by atoms with E-state index in [1.54, 1.807) is 11.6 Å². The third kappa shape index (κ3) is 2.76. The molecule has 1 aromatic heterocycles. The molecule has 0 spiro atoms. The van der Waals surface area contributed by atoms with Crippen LogP contribution >= 0.6 is 0 Å². The van der Waals surface area contributed by atoms with Crippen LogP contribution in [-0.2, 0) is 11.3 Å². The van der Waals surface area contributed by atoms with Crippen molar-refractivity contribution < 1.29 is 9.90 Å². The maximum atomic E-state index is 10.8. The molecular formula is C9H16N4O2. The number of nitrogens with two attached hydrogens (primary N) is 1.